The second-order valence-corrected chi connectivity index (χ2v) is 18.5. The second-order valence-electron chi connectivity index (χ2n) is 18.5. The molecule has 0 aromatic heterocycles. The highest BCUT2D eigenvalue weighted by Gasteiger charge is 2.53. The van der Waals surface area contributed by atoms with E-state index in [0.717, 1.165) is 5.56 Å². The maximum atomic E-state index is 14.4. The molecule has 0 bridgehead atoms. The summed E-state index contributed by atoms with van der Waals surface area (Å²) in [6.45, 7) is 17.8. The zero-order valence-corrected chi connectivity index (χ0v) is 38.9. The molecule has 0 amide bonds. The molecule has 1 aromatic rings. The van der Waals surface area contributed by atoms with Gasteiger partial charge in [0.25, 0.3) is 0 Å². The SMILES string of the molecule is CC[C@H]1OC(=O)[C@H](C)[C@@H](OC2C[C@@](C)(OC)[C@@H](O)[C@H](C)O2)[C@H](C)[C@@H](OC2O[C@H](C)C[C@H](N(C)C)[C@H]2OC(=O)OCc2ccccc2)[C@](C)(OC)C[C@@H](C)[C@H](O)/C(C)=C/[C@]1(C)O. The van der Waals surface area contributed by atoms with E-state index in [9.17, 15) is 24.9 Å². The third-order valence-electron chi connectivity index (χ3n) is 13.2. The van der Waals surface area contributed by atoms with Gasteiger partial charge in [-0.05, 0) is 105 Å². The fraction of sp³-hybridized carbons (Fsp3) is 0.783. The van der Waals surface area contributed by atoms with Crippen LogP contribution in [0.4, 0.5) is 4.79 Å². The zero-order valence-electron chi connectivity index (χ0n) is 38.9. The fourth-order valence-corrected chi connectivity index (χ4v) is 9.39. The van der Waals surface area contributed by atoms with Crippen LogP contribution in [-0.4, -0.2) is 145 Å². The van der Waals surface area contributed by atoms with Crippen molar-refractivity contribution in [3.8, 4) is 0 Å². The number of carbonyl (C=O) groups excluding carboxylic acids is 2. The Morgan fingerprint density at radius 2 is 1.56 bits per heavy atom. The molecule has 15 nitrogen and oxygen atoms in total. The molecule has 3 aliphatic rings. The van der Waals surface area contributed by atoms with Gasteiger partial charge < -0.3 is 62.9 Å². The van der Waals surface area contributed by atoms with Crippen molar-refractivity contribution in [2.75, 3.05) is 28.3 Å². The normalized spacial score (nSPS) is 42.8. The molecule has 2 unspecified atom stereocenters. The van der Waals surface area contributed by atoms with Crippen molar-refractivity contribution in [1.82, 2.24) is 4.90 Å². The molecule has 0 spiro atoms. The van der Waals surface area contributed by atoms with Crippen molar-refractivity contribution in [2.24, 2.45) is 17.8 Å². The summed E-state index contributed by atoms with van der Waals surface area (Å²) in [6.07, 6.45) is -7.26. The highest BCUT2D eigenvalue weighted by Crippen LogP contribution is 2.42. The lowest BCUT2D eigenvalue weighted by molar-refractivity contribution is -0.320. The van der Waals surface area contributed by atoms with E-state index in [1.165, 1.54) is 7.11 Å². The number of carbonyl (C=O) groups is 2. The predicted octanol–water partition coefficient (Wildman–Crippen LogP) is 5.54. The Morgan fingerprint density at radius 1 is 0.918 bits per heavy atom. The standard InChI is InChI=1S/C46H75NO14/c1-15-34-44(8,52)22-26(2)36(48)27(3)23-46(10,54-14)40(29(5)37(30(6)41(50)58-34)59-35-24-45(9,53-13)39(49)31(7)57-35)61-42-38(33(47(11)12)21-28(4)56-42)60-43(51)55-25-32-19-17-16-18-20-32/h16-20,22,27-31,33-40,42,48-49,52H,15,21,23-25H2,1-14H3/b26-22+/t27-,28-,29+,30-,31+,33+,34-,35?,36-,37+,38-,39+,40-,42?,44+,45-,46-/m1/s1. The molecule has 0 saturated carbocycles. The highest BCUT2D eigenvalue weighted by molar-refractivity contribution is 5.73. The first-order chi connectivity index (χ1) is 28.5. The summed E-state index contributed by atoms with van der Waals surface area (Å²) in [5, 5.41) is 34.5. The van der Waals surface area contributed by atoms with E-state index in [2.05, 4.69) is 0 Å². The first-order valence-corrected chi connectivity index (χ1v) is 21.7. The number of esters is 1. The third-order valence-corrected chi connectivity index (χ3v) is 13.2. The second kappa shape index (κ2) is 21.3. The van der Waals surface area contributed by atoms with Crippen LogP contribution in [-0.2, 0) is 54.0 Å². The van der Waals surface area contributed by atoms with Crippen LogP contribution >= 0.6 is 0 Å². The van der Waals surface area contributed by atoms with Crippen LogP contribution in [0.15, 0.2) is 42.0 Å². The van der Waals surface area contributed by atoms with Crippen LogP contribution in [0.2, 0.25) is 0 Å². The molecule has 3 N–H and O–H groups in total. The van der Waals surface area contributed by atoms with Crippen molar-refractivity contribution >= 4 is 12.1 Å². The van der Waals surface area contributed by atoms with E-state index in [1.54, 1.807) is 47.8 Å². The van der Waals surface area contributed by atoms with Crippen molar-refractivity contribution in [3.63, 3.8) is 0 Å². The third kappa shape index (κ3) is 12.3. The van der Waals surface area contributed by atoms with Gasteiger partial charge in [-0.25, -0.2) is 4.79 Å². The summed E-state index contributed by atoms with van der Waals surface area (Å²) < 4.78 is 56.8. The minimum atomic E-state index is -1.62. The summed E-state index contributed by atoms with van der Waals surface area (Å²) in [5.41, 5.74) is -2.60. The monoisotopic (exact) mass is 866 g/mol. The van der Waals surface area contributed by atoms with Gasteiger partial charge in [-0.1, -0.05) is 51.1 Å². The molecule has 348 valence electrons. The minimum absolute atomic E-state index is 0.000379. The number of aliphatic hydroxyl groups is 3. The molecule has 15 heteroatoms. The lowest BCUT2D eigenvalue weighted by atomic mass is 9.75. The first-order valence-electron chi connectivity index (χ1n) is 21.7. The smallest absolute Gasteiger partial charge is 0.459 e. The van der Waals surface area contributed by atoms with Crippen LogP contribution in [0, 0.1) is 17.8 Å². The summed E-state index contributed by atoms with van der Waals surface area (Å²) in [6, 6.07) is 8.92. The topological polar surface area (TPSA) is 181 Å². The summed E-state index contributed by atoms with van der Waals surface area (Å²) in [7, 11) is 6.85. The van der Waals surface area contributed by atoms with Gasteiger partial charge in [0.1, 0.15) is 24.4 Å². The number of hydrogen-bond donors (Lipinski definition) is 3. The van der Waals surface area contributed by atoms with Gasteiger partial charge in [0.05, 0.1) is 53.7 Å². The Kier molecular flexibility index (Phi) is 17.8. The van der Waals surface area contributed by atoms with Gasteiger partial charge in [0.15, 0.2) is 18.7 Å². The number of benzene rings is 1. The van der Waals surface area contributed by atoms with Gasteiger partial charge in [0.2, 0.25) is 0 Å². The zero-order chi connectivity index (χ0) is 45.6. The molecule has 4 rings (SSSR count). The molecule has 2 fully saturated rings. The number of cyclic esters (lactones) is 1. The average molecular weight is 866 g/mol. The number of nitrogens with zero attached hydrogens (tertiary/aromatic N) is 1. The molecule has 2 saturated heterocycles. The van der Waals surface area contributed by atoms with Crippen LogP contribution in [0.1, 0.15) is 100 Å². The summed E-state index contributed by atoms with van der Waals surface area (Å²) >= 11 is 0. The number of likely N-dealkylation sites (N-methyl/N-ethyl adjacent to an activating group) is 1. The van der Waals surface area contributed by atoms with Gasteiger partial charge in [0, 0.05) is 26.6 Å². The van der Waals surface area contributed by atoms with Crippen molar-refractivity contribution in [3.05, 3.63) is 47.5 Å². The minimum Gasteiger partial charge on any atom is -0.459 e. The maximum Gasteiger partial charge on any atom is 0.509 e. The molecule has 3 heterocycles. The largest absolute Gasteiger partial charge is 0.509 e. The molecular weight excluding hydrogens is 790 g/mol. The number of aliphatic hydroxyl groups excluding tert-OH is 2. The molecule has 0 radical (unpaired) electrons. The van der Waals surface area contributed by atoms with E-state index in [1.807, 2.05) is 83.9 Å². The van der Waals surface area contributed by atoms with Crippen LogP contribution in [0.3, 0.4) is 0 Å². The van der Waals surface area contributed by atoms with Gasteiger partial charge in [-0.3, -0.25) is 4.79 Å². The fourth-order valence-electron chi connectivity index (χ4n) is 9.39. The average Bonchev–Trinajstić information content (AvgIpc) is 3.21. The van der Waals surface area contributed by atoms with E-state index in [0.29, 0.717) is 12.0 Å². The van der Waals surface area contributed by atoms with Gasteiger partial charge in [-0.15, -0.1) is 0 Å². The molecule has 3 aliphatic heterocycles. The number of hydrogen-bond acceptors (Lipinski definition) is 15. The van der Waals surface area contributed by atoms with E-state index in [-0.39, 0.29) is 38.0 Å². The Labute approximate surface area is 363 Å². The molecule has 0 aliphatic carbocycles. The predicted molar refractivity (Wildman–Crippen MR) is 226 cm³/mol. The van der Waals surface area contributed by atoms with Crippen molar-refractivity contribution < 1.29 is 67.5 Å². The summed E-state index contributed by atoms with van der Waals surface area (Å²) in [4.78, 5) is 29.8. The Morgan fingerprint density at radius 3 is 2.15 bits per heavy atom. The number of methoxy groups -OCH3 is 2. The van der Waals surface area contributed by atoms with E-state index < -0.39 is 102 Å². The Bertz CT molecular complexity index is 1590. The van der Waals surface area contributed by atoms with Gasteiger partial charge >= 0.3 is 12.1 Å². The van der Waals surface area contributed by atoms with Crippen molar-refractivity contribution in [1.29, 1.82) is 0 Å². The number of rotatable bonds is 11. The molecular formula is C46H75NO14. The van der Waals surface area contributed by atoms with Gasteiger partial charge in [-0.2, -0.15) is 0 Å². The summed E-state index contributed by atoms with van der Waals surface area (Å²) in [5.74, 6) is -2.82. The van der Waals surface area contributed by atoms with Crippen LogP contribution in [0.5, 0.6) is 0 Å². The van der Waals surface area contributed by atoms with Crippen molar-refractivity contribution in [2.45, 2.75) is 186 Å². The quantitative estimate of drug-likeness (QED) is 0.186. The maximum absolute atomic E-state index is 14.4. The lowest BCUT2D eigenvalue weighted by Crippen LogP contribution is -2.61. The molecule has 1 aromatic carbocycles. The Hall–Kier alpha value is -2.70. The van der Waals surface area contributed by atoms with Crippen LogP contribution in [0.25, 0.3) is 0 Å². The lowest BCUT2D eigenvalue weighted by Gasteiger charge is -2.50. The first kappa shape index (κ1) is 50.9. The molecule has 61 heavy (non-hydrogen) atoms. The van der Waals surface area contributed by atoms with Crippen LogP contribution < -0.4 is 0 Å². The van der Waals surface area contributed by atoms with E-state index in [4.69, 9.17) is 42.6 Å². The van der Waals surface area contributed by atoms with E-state index >= 15 is 0 Å². The number of ether oxygens (including phenoxy) is 9. The molecule has 17 atom stereocenters. The Balaban J connectivity index is 1.85. The highest BCUT2D eigenvalue weighted by atomic mass is 16.8.